The number of rotatable bonds is 3. The van der Waals surface area contributed by atoms with Gasteiger partial charge in [0.15, 0.2) is 0 Å². The highest BCUT2D eigenvalue weighted by atomic mass is 16.2. The smallest absolute Gasteiger partial charge is 0.253 e. The fourth-order valence-electron chi connectivity index (χ4n) is 3.61. The van der Waals surface area contributed by atoms with E-state index in [0.717, 1.165) is 18.5 Å². The maximum atomic E-state index is 12.4. The van der Waals surface area contributed by atoms with E-state index < -0.39 is 0 Å². The van der Waals surface area contributed by atoms with Gasteiger partial charge in [0, 0.05) is 37.5 Å². The molecule has 7 heteroatoms. The minimum absolute atomic E-state index is 0.0166. The highest BCUT2D eigenvalue weighted by molar-refractivity contribution is 5.90. The zero-order valence-corrected chi connectivity index (χ0v) is 15.8. The molecule has 142 valence electrons. The molecule has 2 aliphatic heterocycles. The van der Waals surface area contributed by atoms with E-state index in [-0.39, 0.29) is 28.8 Å². The molecule has 1 N–H and O–H groups in total. The Labute approximate surface area is 153 Å². The Morgan fingerprint density at radius 3 is 2.46 bits per heavy atom. The fraction of sp³-hybridized carbons (Fsp3) is 0.684. The molecule has 2 amide bonds. The van der Waals surface area contributed by atoms with E-state index in [1.54, 1.807) is 17.0 Å². The summed E-state index contributed by atoms with van der Waals surface area (Å²) in [4.78, 5) is 42.4. The van der Waals surface area contributed by atoms with Gasteiger partial charge in [-0.1, -0.05) is 20.8 Å². The number of amides is 2. The number of aromatic nitrogens is 2. The molecular weight excluding hydrogens is 332 g/mol. The van der Waals surface area contributed by atoms with Crippen molar-refractivity contribution in [2.75, 3.05) is 13.1 Å². The van der Waals surface area contributed by atoms with Crippen molar-refractivity contribution in [2.24, 2.45) is 5.92 Å². The molecule has 26 heavy (non-hydrogen) atoms. The maximum absolute atomic E-state index is 12.4. The minimum atomic E-state index is -0.351. The van der Waals surface area contributed by atoms with E-state index in [9.17, 15) is 14.4 Å². The maximum Gasteiger partial charge on any atom is 0.253 e. The lowest BCUT2D eigenvalue weighted by Gasteiger charge is -2.33. The first kappa shape index (κ1) is 18.6. The van der Waals surface area contributed by atoms with Crippen LogP contribution in [0.4, 0.5) is 0 Å². The SMILES string of the molecule is CC(C)(C)c1cc(=O)n(CC2CCN(C(=O)C3CCC(=O)N3)CC2)cn1. The van der Waals surface area contributed by atoms with Gasteiger partial charge in [0.25, 0.3) is 5.56 Å². The van der Waals surface area contributed by atoms with E-state index in [4.69, 9.17) is 0 Å². The second-order valence-electron chi connectivity index (χ2n) is 8.44. The lowest BCUT2D eigenvalue weighted by molar-refractivity contribution is -0.135. The standard InChI is InChI=1S/C19H28N4O3/c1-19(2,3)15-10-17(25)23(12-20-15)11-13-6-8-22(9-7-13)18(26)14-4-5-16(24)21-14/h10,12-14H,4-9,11H2,1-3H3,(H,21,24). The van der Waals surface area contributed by atoms with Crippen molar-refractivity contribution < 1.29 is 9.59 Å². The van der Waals surface area contributed by atoms with Crippen LogP contribution in [-0.2, 0) is 21.5 Å². The Bertz CT molecular complexity index is 742. The van der Waals surface area contributed by atoms with Crippen LogP contribution in [0.3, 0.4) is 0 Å². The zero-order valence-electron chi connectivity index (χ0n) is 15.8. The van der Waals surface area contributed by atoms with Crippen LogP contribution >= 0.6 is 0 Å². The van der Waals surface area contributed by atoms with Crippen molar-refractivity contribution in [2.45, 2.75) is 64.5 Å². The van der Waals surface area contributed by atoms with E-state index in [2.05, 4.69) is 10.3 Å². The third-order valence-corrected chi connectivity index (χ3v) is 5.32. The Morgan fingerprint density at radius 2 is 1.92 bits per heavy atom. The summed E-state index contributed by atoms with van der Waals surface area (Å²) >= 11 is 0. The molecule has 0 aliphatic carbocycles. The number of carbonyl (C=O) groups excluding carboxylic acids is 2. The first-order valence-corrected chi connectivity index (χ1v) is 9.39. The van der Waals surface area contributed by atoms with E-state index in [1.807, 2.05) is 25.7 Å². The predicted octanol–water partition coefficient (Wildman–Crippen LogP) is 1.06. The molecule has 1 aromatic rings. The summed E-state index contributed by atoms with van der Waals surface area (Å²) in [7, 11) is 0. The van der Waals surface area contributed by atoms with Crippen LogP contribution in [0.1, 0.15) is 52.1 Å². The molecule has 0 bridgehead atoms. The summed E-state index contributed by atoms with van der Waals surface area (Å²) in [5.41, 5.74) is 0.648. The number of hydrogen-bond donors (Lipinski definition) is 1. The van der Waals surface area contributed by atoms with Crippen LogP contribution in [0.2, 0.25) is 0 Å². The molecule has 1 unspecified atom stereocenters. The van der Waals surface area contributed by atoms with Crippen molar-refractivity contribution >= 4 is 11.8 Å². The van der Waals surface area contributed by atoms with Crippen molar-refractivity contribution in [1.29, 1.82) is 0 Å². The summed E-state index contributed by atoms with van der Waals surface area (Å²) in [6.07, 6.45) is 4.40. The van der Waals surface area contributed by atoms with Gasteiger partial charge in [-0.3, -0.25) is 19.0 Å². The molecule has 3 rings (SSSR count). The first-order chi connectivity index (χ1) is 12.2. The van der Waals surface area contributed by atoms with Crippen LogP contribution < -0.4 is 10.9 Å². The number of nitrogens with one attached hydrogen (secondary N) is 1. The molecule has 2 aliphatic rings. The Morgan fingerprint density at radius 1 is 1.23 bits per heavy atom. The van der Waals surface area contributed by atoms with Gasteiger partial charge in [0.1, 0.15) is 6.04 Å². The largest absolute Gasteiger partial charge is 0.344 e. The van der Waals surface area contributed by atoms with Gasteiger partial charge in [-0.15, -0.1) is 0 Å². The Hall–Kier alpha value is -2.18. The number of nitrogens with zero attached hydrogens (tertiary/aromatic N) is 3. The van der Waals surface area contributed by atoms with Crippen LogP contribution in [0, 0.1) is 5.92 Å². The molecule has 0 spiro atoms. The third-order valence-electron chi connectivity index (χ3n) is 5.32. The molecule has 0 radical (unpaired) electrons. The van der Waals surface area contributed by atoms with Gasteiger partial charge < -0.3 is 10.2 Å². The molecule has 0 saturated carbocycles. The lowest BCUT2D eigenvalue weighted by atomic mass is 9.92. The summed E-state index contributed by atoms with van der Waals surface area (Å²) in [6, 6.07) is 1.28. The van der Waals surface area contributed by atoms with Crippen molar-refractivity contribution in [3.05, 3.63) is 28.4 Å². The summed E-state index contributed by atoms with van der Waals surface area (Å²) in [5, 5.41) is 2.74. The number of carbonyl (C=O) groups is 2. The van der Waals surface area contributed by atoms with E-state index in [0.29, 0.717) is 38.4 Å². The first-order valence-electron chi connectivity index (χ1n) is 9.39. The molecule has 2 saturated heterocycles. The molecule has 7 nitrogen and oxygen atoms in total. The summed E-state index contributed by atoms with van der Waals surface area (Å²) < 4.78 is 1.68. The minimum Gasteiger partial charge on any atom is -0.344 e. The Balaban J connectivity index is 1.55. The van der Waals surface area contributed by atoms with Crippen molar-refractivity contribution in [1.82, 2.24) is 19.8 Å². The molecule has 1 atom stereocenters. The number of likely N-dealkylation sites (tertiary alicyclic amines) is 1. The van der Waals surface area contributed by atoms with E-state index >= 15 is 0 Å². The van der Waals surface area contributed by atoms with Crippen molar-refractivity contribution in [3.8, 4) is 0 Å². The number of piperidine rings is 1. The monoisotopic (exact) mass is 360 g/mol. The third kappa shape index (κ3) is 4.14. The van der Waals surface area contributed by atoms with Crippen molar-refractivity contribution in [3.63, 3.8) is 0 Å². The van der Waals surface area contributed by atoms with Gasteiger partial charge >= 0.3 is 0 Å². The summed E-state index contributed by atoms with van der Waals surface area (Å²) in [6.45, 7) is 8.12. The predicted molar refractivity (Wildman–Crippen MR) is 97.7 cm³/mol. The second kappa shape index (κ2) is 7.21. The molecule has 0 aromatic carbocycles. The molecule has 2 fully saturated rings. The quantitative estimate of drug-likeness (QED) is 0.873. The normalized spacial score (nSPS) is 21.7. The van der Waals surface area contributed by atoms with Gasteiger partial charge in [-0.2, -0.15) is 0 Å². The van der Waals surface area contributed by atoms with E-state index in [1.165, 1.54) is 0 Å². The highest BCUT2D eigenvalue weighted by Crippen LogP contribution is 2.21. The molecule has 3 heterocycles. The van der Waals surface area contributed by atoms with Crippen LogP contribution in [0.5, 0.6) is 0 Å². The van der Waals surface area contributed by atoms with Crippen LogP contribution in [0.15, 0.2) is 17.2 Å². The number of hydrogen-bond acceptors (Lipinski definition) is 4. The average molecular weight is 360 g/mol. The van der Waals surface area contributed by atoms with Crippen LogP contribution in [0.25, 0.3) is 0 Å². The second-order valence-corrected chi connectivity index (χ2v) is 8.44. The lowest BCUT2D eigenvalue weighted by Crippen LogP contribution is -2.48. The van der Waals surface area contributed by atoms with Gasteiger partial charge in [0.05, 0.1) is 12.0 Å². The zero-order chi connectivity index (χ0) is 18.9. The van der Waals surface area contributed by atoms with Gasteiger partial charge in [-0.05, 0) is 25.2 Å². The Kier molecular flexibility index (Phi) is 5.16. The summed E-state index contributed by atoms with van der Waals surface area (Å²) in [5.74, 6) is 0.351. The average Bonchev–Trinajstić information content (AvgIpc) is 3.02. The van der Waals surface area contributed by atoms with Gasteiger partial charge in [-0.25, -0.2) is 4.98 Å². The topological polar surface area (TPSA) is 84.3 Å². The van der Waals surface area contributed by atoms with Crippen LogP contribution in [-0.4, -0.2) is 45.4 Å². The molecular formula is C19H28N4O3. The highest BCUT2D eigenvalue weighted by Gasteiger charge is 2.32. The van der Waals surface area contributed by atoms with Gasteiger partial charge in [0.2, 0.25) is 11.8 Å². The fourth-order valence-corrected chi connectivity index (χ4v) is 3.61. The molecule has 1 aromatic heterocycles.